The van der Waals surface area contributed by atoms with Crippen molar-refractivity contribution in [1.29, 1.82) is 0 Å². The van der Waals surface area contributed by atoms with Crippen molar-refractivity contribution in [1.82, 2.24) is 0 Å². The lowest BCUT2D eigenvalue weighted by molar-refractivity contribution is 0.355. The molecule has 0 aliphatic heterocycles. The third-order valence-corrected chi connectivity index (χ3v) is 4.62. The van der Waals surface area contributed by atoms with Gasteiger partial charge in [-0.15, -0.1) is 0 Å². The number of benzene rings is 2. The van der Waals surface area contributed by atoms with Crippen molar-refractivity contribution in [2.75, 3.05) is 26.1 Å². The zero-order chi connectivity index (χ0) is 17.7. The number of nitrogens with one attached hydrogen (secondary N) is 1. The summed E-state index contributed by atoms with van der Waals surface area (Å²) in [5.41, 5.74) is 8.52. The summed E-state index contributed by atoms with van der Waals surface area (Å²) in [6.07, 6.45) is 3.46. The molecule has 0 amide bonds. The average molecular weight is 339 g/mol. The maximum absolute atomic E-state index is 6.06. The number of methoxy groups -OCH3 is 2. The molecule has 25 heavy (non-hydrogen) atoms. The van der Waals surface area contributed by atoms with E-state index in [9.17, 15) is 0 Å². The fraction of sp³-hybridized carbons (Fsp3) is 0.350. The summed E-state index contributed by atoms with van der Waals surface area (Å²) in [6.45, 7) is 0.744. The number of aliphatic imine (C=N–C) groups is 1. The van der Waals surface area contributed by atoms with Crippen LogP contribution >= 0.6 is 0 Å². The Balaban J connectivity index is 1.61. The van der Waals surface area contributed by atoms with Gasteiger partial charge >= 0.3 is 0 Å². The van der Waals surface area contributed by atoms with Crippen LogP contribution in [0.2, 0.25) is 0 Å². The normalized spacial score (nSPS) is 15.5. The van der Waals surface area contributed by atoms with Gasteiger partial charge in [-0.1, -0.05) is 30.3 Å². The Kier molecular flexibility index (Phi) is 5.12. The summed E-state index contributed by atoms with van der Waals surface area (Å²) in [4.78, 5) is 4.56. The predicted octanol–water partition coefficient (Wildman–Crippen LogP) is 3.45. The fourth-order valence-corrected chi connectivity index (χ4v) is 2.95. The zero-order valence-corrected chi connectivity index (χ0v) is 14.8. The highest BCUT2D eigenvalue weighted by atomic mass is 16.5. The molecule has 3 rings (SSSR count). The average Bonchev–Trinajstić information content (AvgIpc) is 3.40. The molecule has 1 aliphatic carbocycles. The number of ether oxygens (including phenoxy) is 2. The van der Waals surface area contributed by atoms with E-state index in [1.54, 1.807) is 14.2 Å². The lowest BCUT2D eigenvalue weighted by atomic mass is 9.97. The van der Waals surface area contributed by atoms with E-state index in [0.717, 1.165) is 18.7 Å². The molecule has 0 radical (unpaired) electrons. The van der Waals surface area contributed by atoms with Gasteiger partial charge in [0, 0.05) is 18.3 Å². The van der Waals surface area contributed by atoms with Crippen LogP contribution in [-0.2, 0) is 6.42 Å². The van der Waals surface area contributed by atoms with E-state index in [1.807, 2.05) is 24.3 Å². The van der Waals surface area contributed by atoms with Gasteiger partial charge in [0.2, 0.25) is 0 Å². The van der Waals surface area contributed by atoms with Crippen LogP contribution in [0.1, 0.15) is 18.4 Å². The largest absolute Gasteiger partial charge is 0.493 e. The first-order chi connectivity index (χ1) is 12.1. The van der Waals surface area contributed by atoms with E-state index in [2.05, 4.69) is 34.6 Å². The second kappa shape index (κ2) is 7.47. The summed E-state index contributed by atoms with van der Waals surface area (Å²) < 4.78 is 10.5. The van der Waals surface area contributed by atoms with Gasteiger partial charge < -0.3 is 20.5 Å². The lowest BCUT2D eigenvalue weighted by Crippen LogP contribution is -2.24. The van der Waals surface area contributed by atoms with Gasteiger partial charge in [0.15, 0.2) is 17.5 Å². The quantitative estimate of drug-likeness (QED) is 0.599. The number of guanidine groups is 1. The summed E-state index contributed by atoms with van der Waals surface area (Å²) in [7, 11) is 3.22. The number of hydrogen-bond acceptors (Lipinski definition) is 3. The second-order valence-electron chi connectivity index (χ2n) is 6.56. The van der Waals surface area contributed by atoms with Crippen LogP contribution in [0.5, 0.6) is 11.5 Å². The maximum atomic E-state index is 6.06. The number of hydrogen-bond donors (Lipinski definition) is 2. The smallest absolute Gasteiger partial charge is 0.193 e. The molecule has 1 aliphatic rings. The van der Waals surface area contributed by atoms with Gasteiger partial charge in [-0.25, -0.2) is 0 Å². The second-order valence-corrected chi connectivity index (χ2v) is 6.56. The Morgan fingerprint density at radius 1 is 1.08 bits per heavy atom. The van der Waals surface area contributed by atoms with Crippen LogP contribution < -0.4 is 20.5 Å². The predicted molar refractivity (Wildman–Crippen MR) is 101 cm³/mol. The third kappa shape index (κ3) is 4.44. The van der Waals surface area contributed by atoms with Crippen LogP contribution in [0.25, 0.3) is 0 Å². The molecule has 3 N–H and O–H groups in total. The molecule has 0 heterocycles. The Labute approximate surface area is 148 Å². The summed E-state index contributed by atoms with van der Waals surface area (Å²) >= 11 is 0. The van der Waals surface area contributed by atoms with Crippen molar-refractivity contribution in [3.63, 3.8) is 0 Å². The first-order valence-electron chi connectivity index (χ1n) is 8.47. The maximum Gasteiger partial charge on any atom is 0.193 e. The molecule has 2 aromatic rings. The highest BCUT2D eigenvalue weighted by Gasteiger charge is 2.42. The Morgan fingerprint density at radius 3 is 2.44 bits per heavy atom. The Bertz CT molecular complexity index is 740. The number of nitrogens with two attached hydrogens (primary N) is 1. The molecule has 2 aromatic carbocycles. The van der Waals surface area contributed by atoms with E-state index >= 15 is 0 Å². The minimum atomic E-state index is 0.269. The SMILES string of the molecule is COc1ccc(NC(N)=NCC2(Cc3ccccc3)CC2)cc1OC. The first-order valence-corrected chi connectivity index (χ1v) is 8.47. The molecule has 0 atom stereocenters. The standard InChI is InChI=1S/C20H25N3O2/c1-24-17-9-8-16(12-18(17)25-2)23-19(21)22-14-20(10-11-20)13-15-6-4-3-5-7-15/h3-9,12H,10-11,13-14H2,1-2H3,(H3,21,22,23). The topological polar surface area (TPSA) is 68.9 Å². The highest BCUT2D eigenvalue weighted by Crippen LogP contribution is 2.48. The lowest BCUT2D eigenvalue weighted by Gasteiger charge is -2.14. The van der Waals surface area contributed by atoms with E-state index in [4.69, 9.17) is 15.2 Å². The minimum absolute atomic E-state index is 0.269. The van der Waals surface area contributed by atoms with Gasteiger partial charge in [0.25, 0.3) is 0 Å². The molecule has 1 fully saturated rings. The van der Waals surface area contributed by atoms with Crippen molar-refractivity contribution in [2.45, 2.75) is 19.3 Å². The molecule has 132 valence electrons. The monoisotopic (exact) mass is 339 g/mol. The van der Waals surface area contributed by atoms with Gasteiger partial charge in [-0.2, -0.15) is 0 Å². The van der Waals surface area contributed by atoms with Crippen molar-refractivity contribution in [3.05, 3.63) is 54.1 Å². The van der Waals surface area contributed by atoms with Gasteiger partial charge in [0.1, 0.15) is 0 Å². The zero-order valence-electron chi connectivity index (χ0n) is 14.8. The molecule has 0 unspecified atom stereocenters. The molecule has 0 aromatic heterocycles. The van der Waals surface area contributed by atoms with Crippen molar-refractivity contribution in [3.8, 4) is 11.5 Å². The number of nitrogens with zero attached hydrogens (tertiary/aromatic N) is 1. The molecule has 0 spiro atoms. The van der Waals surface area contributed by atoms with Crippen LogP contribution in [0.4, 0.5) is 5.69 Å². The summed E-state index contributed by atoms with van der Waals surface area (Å²) in [5, 5.41) is 3.12. The van der Waals surface area contributed by atoms with Crippen LogP contribution in [-0.4, -0.2) is 26.7 Å². The molecular formula is C20H25N3O2. The van der Waals surface area contributed by atoms with E-state index in [-0.39, 0.29) is 5.41 Å². The van der Waals surface area contributed by atoms with Gasteiger partial charge in [-0.3, -0.25) is 4.99 Å². The van der Waals surface area contributed by atoms with Crippen LogP contribution in [0.3, 0.4) is 0 Å². The van der Waals surface area contributed by atoms with E-state index in [0.29, 0.717) is 17.5 Å². The van der Waals surface area contributed by atoms with E-state index in [1.165, 1.54) is 18.4 Å². The fourth-order valence-electron chi connectivity index (χ4n) is 2.95. The molecule has 0 bridgehead atoms. The van der Waals surface area contributed by atoms with Crippen LogP contribution in [0.15, 0.2) is 53.5 Å². The first kappa shape index (κ1) is 17.1. The molecule has 5 nitrogen and oxygen atoms in total. The molecule has 5 heteroatoms. The third-order valence-electron chi connectivity index (χ3n) is 4.62. The number of rotatable bonds is 7. The summed E-state index contributed by atoms with van der Waals surface area (Å²) in [6, 6.07) is 16.1. The van der Waals surface area contributed by atoms with Gasteiger partial charge in [-0.05, 0) is 42.4 Å². The Hall–Kier alpha value is -2.69. The molecule has 0 saturated heterocycles. The summed E-state index contributed by atoms with van der Waals surface area (Å²) in [5.74, 6) is 1.76. The molecule has 1 saturated carbocycles. The van der Waals surface area contributed by atoms with Crippen molar-refractivity contribution >= 4 is 11.6 Å². The Morgan fingerprint density at radius 2 is 1.80 bits per heavy atom. The number of anilines is 1. The van der Waals surface area contributed by atoms with Crippen LogP contribution in [0, 0.1) is 5.41 Å². The van der Waals surface area contributed by atoms with Crippen molar-refractivity contribution < 1.29 is 9.47 Å². The highest BCUT2D eigenvalue weighted by molar-refractivity contribution is 5.92. The van der Waals surface area contributed by atoms with Gasteiger partial charge in [0.05, 0.1) is 14.2 Å². The minimum Gasteiger partial charge on any atom is -0.493 e. The van der Waals surface area contributed by atoms with Crippen molar-refractivity contribution in [2.24, 2.45) is 16.1 Å². The van der Waals surface area contributed by atoms with E-state index < -0.39 is 0 Å². The molecular weight excluding hydrogens is 314 g/mol.